The average Bonchev–Trinajstić information content (AvgIpc) is 2.85. The third kappa shape index (κ3) is 2.28. The molecular formula is C19H19NS. The van der Waals surface area contributed by atoms with Gasteiger partial charge in [0.1, 0.15) is 0 Å². The van der Waals surface area contributed by atoms with Crippen molar-refractivity contribution in [1.29, 1.82) is 0 Å². The maximum absolute atomic E-state index is 2.33. The Kier molecular flexibility index (Phi) is 3.27. The van der Waals surface area contributed by atoms with E-state index in [0.29, 0.717) is 5.25 Å². The predicted octanol–water partition coefficient (Wildman–Crippen LogP) is 5.35. The Morgan fingerprint density at radius 3 is 2.76 bits per heavy atom. The van der Waals surface area contributed by atoms with Gasteiger partial charge >= 0.3 is 0 Å². The van der Waals surface area contributed by atoms with E-state index in [1.807, 2.05) is 11.8 Å². The first-order valence-electron chi connectivity index (χ1n) is 7.62. The topological polar surface area (TPSA) is 4.93 Å². The molecule has 106 valence electrons. The molecule has 0 saturated carbocycles. The fourth-order valence-corrected chi connectivity index (χ4v) is 4.74. The van der Waals surface area contributed by atoms with E-state index in [9.17, 15) is 0 Å². The molecule has 2 heteroatoms. The van der Waals surface area contributed by atoms with Crippen molar-refractivity contribution < 1.29 is 0 Å². The molecule has 0 bridgehead atoms. The molecule has 0 radical (unpaired) electrons. The van der Waals surface area contributed by atoms with Gasteiger partial charge in [-0.3, -0.25) is 0 Å². The van der Waals surface area contributed by atoms with Crippen molar-refractivity contribution in [2.75, 3.05) is 0 Å². The fourth-order valence-electron chi connectivity index (χ4n) is 3.35. The van der Waals surface area contributed by atoms with Crippen molar-refractivity contribution in [2.45, 2.75) is 29.5 Å². The van der Waals surface area contributed by atoms with Crippen LogP contribution in [-0.2, 0) is 13.5 Å². The molecule has 2 aromatic carbocycles. The van der Waals surface area contributed by atoms with Crippen molar-refractivity contribution in [1.82, 2.24) is 4.57 Å². The largest absolute Gasteiger partial charge is 0.339 e. The van der Waals surface area contributed by atoms with Gasteiger partial charge < -0.3 is 4.57 Å². The first kappa shape index (κ1) is 13.0. The minimum atomic E-state index is 0.595. The third-order valence-corrected chi connectivity index (χ3v) is 5.89. The minimum Gasteiger partial charge on any atom is -0.339 e. The highest BCUT2D eigenvalue weighted by Gasteiger charge is 2.22. The fraction of sp³-hybridized carbons (Fsp3) is 0.263. The molecule has 0 amide bonds. The SMILES string of the molecule is Cn1c(SC2CCCc3ccccc32)cc2ccccc21. The second kappa shape index (κ2) is 5.27. The van der Waals surface area contributed by atoms with Crippen LogP contribution in [0, 0.1) is 0 Å². The van der Waals surface area contributed by atoms with Crippen LogP contribution in [-0.4, -0.2) is 4.57 Å². The summed E-state index contributed by atoms with van der Waals surface area (Å²) in [5, 5.41) is 3.31. The van der Waals surface area contributed by atoms with E-state index >= 15 is 0 Å². The Hall–Kier alpha value is -1.67. The van der Waals surface area contributed by atoms with Gasteiger partial charge in [0.2, 0.25) is 0 Å². The normalized spacial score (nSPS) is 17.9. The van der Waals surface area contributed by atoms with Crippen molar-refractivity contribution >= 4 is 22.7 Å². The number of aryl methyl sites for hydroxylation is 2. The minimum absolute atomic E-state index is 0.595. The van der Waals surface area contributed by atoms with Gasteiger partial charge in [-0.1, -0.05) is 42.5 Å². The van der Waals surface area contributed by atoms with Crippen LogP contribution in [0.4, 0.5) is 0 Å². The molecule has 1 aromatic heterocycles. The van der Waals surface area contributed by atoms with Crippen LogP contribution in [0.5, 0.6) is 0 Å². The van der Waals surface area contributed by atoms with Gasteiger partial charge in [0.05, 0.1) is 5.03 Å². The highest BCUT2D eigenvalue weighted by atomic mass is 32.2. The number of hydrogen-bond donors (Lipinski definition) is 0. The zero-order valence-electron chi connectivity index (χ0n) is 12.3. The zero-order chi connectivity index (χ0) is 14.2. The van der Waals surface area contributed by atoms with Gasteiger partial charge in [-0.05, 0) is 42.5 Å². The second-order valence-electron chi connectivity index (χ2n) is 5.80. The van der Waals surface area contributed by atoms with Crippen molar-refractivity contribution in [3.8, 4) is 0 Å². The van der Waals surface area contributed by atoms with E-state index < -0.39 is 0 Å². The van der Waals surface area contributed by atoms with Crippen molar-refractivity contribution in [3.05, 3.63) is 65.7 Å². The summed E-state index contributed by atoms with van der Waals surface area (Å²) in [7, 11) is 2.18. The van der Waals surface area contributed by atoms with E-state index in [-0.39, 0.29) is 0 Å². The van der Waals surface area contributed by atoms with Crippen molar-refractivity contribution in [2.24, 2.45) is 7.05 Å². The lowest BCUT2D eigenvalue weighted by Crippen LogP contribution is -2.07. The van der Waals surface area contributed by atoms with Gasteiger partial charge in [-0.15, -0.1) is 11.8 Å². The monoisotopic (exact) mass is 293 g/mol. The Balaban J connectivity index is 1.71. The van der Waals surface area contributed by atoms with E-state index in [4.69, 9.17) is 0 Å². The zero-order valence-corrected chi connectivity index (χ0v) is 13.1. The van der Waals surface area contributed by atoms with Crippen LogP contribution in [0.3, 0.4) is 0 Å². The van der Waals surface area contributed by atoms with Crippen LogP contribution in [0.25, 0.3) is 10.9 Å². The summed E-state index contributed by atoms with van der Waals surface area (Å²) in [4.78, 5) is 0. The Morgan fingerprint density at radius 2 is 1.86 bits per heavy atom. The smallest absolute Gasteiger partial charge is 0.0762 e. The first-order valence-corrected chi connectivity index (χ1v) is 8.50. The summed E-state index contributed by atoms with van der Waals surface area (Å²) in [6.45, 7) is 0. The van der Waals surface area contributed by atoms with Gasteiger partial charge in [-0.2, -0.15) is 0 Å². The molecule has 0 spiro atoms. The molecular weight excluding hydrogens is 274 g/mol. The number of benzene rings is 2. The summed E-state index contributed by atoms with van der Waals surface area (Å²) < 4.78 is 2.33. The van der Waals surface area contributed by atoms with Gasteiger partial charge in [-0.25, -0.2) is 0 Å². The molecule has 1 heterocycles. The maximum Gasteiger partial charge on any atom is 0.0762 e. The summed E-state index contributed by atoms with van der Waals surface area (Å²) in [6.07, 6.45) is 3.82. The molecule has 4 rings (SSSR count). The molecule has 0 saturated heterocycles. The first-order chi connectivity index (χ1) is 10.3. The van der Waals surface area contributed by atoms with Gasteiger partial charge in [0.25, 0.3) is 0 Å². The number of rotatable bonds is 2. The number of thioether (sulfide) groups is 1. The number of hydrogen-bond acceptors (Lipinski definition) is 1. The van der Waals surface area contributed by atoms with Crippen LogP contribution in [0.2, 0.25) is 0 Å². The number of aromatic nitrogens is 1. The Labute approximate surface area is 130 Å². The maximum atomic E-state index is 2.33. The van der Waals surface area contributed by atoms with E-state index in [1.54, 1.807) is 11.1 Å². The van der Waals surface area contributed by atoms with E-state index in [1.165, 1.54) is 35.2 Å². The van der Waals surface area contributed by atoms with E-state index in [0.717, 1.165) is 0 Å². The lowest BCUT2D eigenvalue weighted by Gasteiger charge is -2.25. The Morgan fingerprint density at radius 1 is 1.05 bits per heavy atom. The Bertz CT molecular complexity index is 787. The van der Waals surface area contributed by atoms with Crippen LogP contribution in [0.1, 0.15) is 29.2 Å². The number of para-hydroxylation sites is 1. The quantitative estimate of drug-likeness (QED) is 0.616. The molecule has 1 nitrogen and oxygen atoms in total. The molecule has 0 N–H and O–H groups in total. The summed E-state index contributed by atoms with van der Waals surface area (Å²) in [5.41, 5.74) is 4.41. The number of nitrogens with zero attached hydrogens (tertiary/aromatic N) is 1. The standard InChI is InChI=1S/C19H19NS/c1-20-17-11-5-3-8-15(17)13-19(20)21-18-12-6-9-14-7-2-4-10-16(14)18/h2-5,7-8,10-11,13,18H,6,9,12H2,1H3. The summed E-state index contributed by atoms with van der Waals surface area (Å²) in [6, 6.07) is 19.9. The lowest BCUT2D eigenvalue weighted by molar-refractivity contribution is 0.671. The van der Waals surface area contributed by atoms with Gasteiger partial charge in [0.15, 0.2) is 0 Å². The third-order valence-electron chi connectivity index (χ3n) is 4.49. The predicted molar refractivity (Wildman–Crippen MR) is 90.9 cm³/mol. The highest BCUT2D eigenvalue weighted by molar-refractivity contribution is 7.99. The molecule has 1 unspecified atom stereocenters. The lowest BCUT2D eigenvalue weighted by atomic mass is 9.91. The highest BCUT2D eigenvalue weighted by Crippen LogP contribution is 2.44. The summed E-state index contributed by atoms with van der Waals surface area (Å²) >= 11 is 2.02. The average molecular weight is 293 g/mol. The molecule has 1 atom stereocenters. The second-order valence-corrected chi connectivity index (χ2v) is 7.02. The van der Waals surface area contributed by atoms with Crippen molar-refractivity contribution in [3.63, 3.8) is 0 Å². The van der Waals surface area contributed by atoms with Gasteiger partial charge in [0, 0.05) is 23.2 Å². The molecule has 0 aliphatic heterocycles. The molecule has 21 heavy (non-hydrogen) atoms. The molecule has 3 aromatic rings. The molecule has 1 aliphatic carbocycles. The summed E-state index contributed by atoms with van der Waals surface area (Å²) in [5.74, 6) is 0. The van der Waals surface area contributed by atoms with E-state index in [2.05, 4.69) is 66.2 Å². The van der Waals surface area contributed by atoms with Crippen LogP contribution in [0.15, 0.2) is 59.6 Å². The number of fused-ring (bicyclic) bond motifs is 2. The van der Waals surface area contributed by atoms with Crippen LogP contribution >= 0.6 is 11.8 Å². The molecule has 1 aliphatic rings. The van der Waals surface area contributed by atoms with Crippen LogP contribution < -0.4 is 0 Å². The molecule has 0 fully saturated rings.